The van der Waals surface area contributed by atoms with E-state index in [0.717, 1.165) is 61.4 Å². The van der Waals surface area contributed by atoms with Crippen molar-refractivity contribution >= 4 is 5.91 Å². The lowest BCUT2D eigenvalue weighted by atomic mass is 10.1. The average molecular weight is 340 g/mol. The van der Waals surface area contributed by atoms with Gasteiger partial charge >= 0.3 is 0 Å². The fourth-order valence-electron chi connectivity index (χ4n) is 3.46. The molecule has 0 bridgehead atoms. The molecular formula is C21H25FN2O. The zero-order chi connectivity index (χ0) is 17.8. The van der Waals surface area contributed by atoms with E-state index in [1.54, 1.807) is 0 Å². The fourth-order valence-corrected chi connectivity index (χ4v) is 3.46. The molecule has 1 amide bonds. The summed E-state index contributed by atoms with van der Waals surface area (Å²) < 4.78 is 13.0. The Labute approximate surface area is 149 Å². The van der Waals surface area contributed by atoms with Crippen LogP contribution in [-0.4, -0.2) is 41.9 Å². The first kappa shape index (κ1) is 17.6. The van der Waals surface area contributed by atoms with Gasteiger partial charge in [-0.1, -0.05) is 29.3 Å². The third-order valence-electron chi connectivity index (χ3n) is 4.66. The highest BCUT2D eigenvalue weighted by atomic mass is 19.1. The molecule has 0 saturated carbocycles. The highest BCUT2D eigenvalue weighted by Gasteiger charge is 2.20. The minimum atomic E-state index is -0.204. The molecule has 0 unspecified atom stereocenters. The molecule has 1 aliphatic heterocycles. The Balaban J connectivity index is 1.62. The van der Waals surface area contributed by atoms with Crippen LogP contribution in [0, 0.1) is 19.7 Å². The van der Waals surface area contributed by atoms with Crippen LogP contribution in [0.1, 0.15) is 33.5 Å². The summed E-state index contributed by atoms with van der Waals surface area (Å²) in [6.45, 7) is 8.15. The van der Waals surface area contributed by atoms with E-state index in [1.165, 1.54) is 12.1 Å². The lowest BCUT2D eigenvalue weighted by molar-refractivity contribution is 0.0761. The van der Waals surface area contributed by atoms with Crippen molar-refractivity contribution in [3.8, 4) is 0 Å². The Kier molecular flexibility index (Phi) is 5.49. The Morgan fingerprint density at radius 3 is 2.32 bits per heavy atom. The van der Waals surface area contributed by atoms with Gasteiger partial charge in [0.1, 0.15) is 5.82 Å². The molecule has 25 heavy (non-hydrogen) atoms. The molecule has 0 N–H and O–H groups in total. The van der Waals surface area contributed by atoms with E-state index in [1.807, 2.05) is 43.0 Å². The van der Waals surface area contributed by atoms with Gasteiger partial charge in [0.15, 0.2) is 0 Å². The first-order chi connectivity index (χ1) is 12.0. The summed E-state index contributed by atoms with van der Waals surface area (Å²) in [6.07, 6.45) is 0.956. The molecule has 3 nitrogen and oxygen atoms in total. The van der Waals surface area contributed by atoms with E-state index in [2.05, 4.69) is 11.0 Å². The number of nitrogens with zero attached hydrogens (tertiary/aromatic N) is 2. The van der Waals surface area contributed by atoms with Crippen LogP contribution >= 0.6 is 0 Å². The Morgan fingerprint density at radius 1 is 0.960 bits per heavy atom. The standard InChI is InChI=1S/C21H25FN2O/c1-16-12-17(2)14-19(13-16)21(25)24-9-3-8-23(10-11-24)15-18-4-6-20(22)7-5-18/h4-7,12-14H,3,8-11,15H2,1-2H3. The normalized spacial score (nSPS) is 15.9. The van der Waals surface area contributed by atoms with Crippen molar-refractivity contribution in [1.29, 1.82) is 0 Å². The Morgan fingerprint density at radius 2 is 1.64 bits per heavy atom. The molecule has 1 fully saturated rings. The van der Waals surface area contributed by atoms with Gasteiger partial charge in [0.25, 0.3) is 5.91 Å². The number of aryl methyl sites for hydroxylation is 2. The van der Waals surface area contributed by atoms with Crippen molar-refractivity contribution in [3.63, 3.8) is 0 Å². The van der Waals surface area contributed by atoms with Gasteiger partial charge in [-0.05, 0) is 50.1 Å². The molecule has 3 rings (SSSR count). The maximum Gasteiger partial charge on any atom is 0.253 e. The third kappa shape index (κ3) is 4.67. The number of halogens is 1. The van der Waals surface area contributed by atoms with Crippen LogP contribution in [0.25, 0.3) is 0 Å². The smallest absolute Gasteiger partial charge is 0.253 e. The van der Waals surface area contributed by atoms with Crippen LogP contribution in [0.5, 0.6) is 0 Å². The molecule has 0 atom stereocenters. The molecule has 0 spiro atoms. The molecule has 4 heteroatoms. The zero-order valence-corrected chi connectivity index (χ0v) is 15.0. The van der Waals surface area contributed by atoms with Crippen molar-refractivity contribution in [1.82, 2.24) is 9.80 Å². The summed E-state index contributed by atoms with van der Waals surface area (Å²) in [5.41, 5.74) is 4.13. The second-order valence-electron chi connectivity index (χ2n) is 6.92. The predicted octanol–water partition coefficient (Wildman–Crippen LogP) is 3.79. The maximum absolute atomic E-state index is 13.0. The summed E-state index contributed by atoms with van der Waals surface area (Å²) in [6, 6.07) is 12.7. The van der Waals surface area contributed by atoms with Gasteiger partial charge in [-0.2, -0.15) is 0 Å². The third-order valence-corrected chi connectivity index (χ3v) is 4.66. The van der Waals surface area contributed by atoms with Crippen molar-refractivity contribution < 1.29 is 9.18 Å². The monoisotopic (exact) mass is 340 g/mol. The van der Waals surface area contributed by atoms with E-state index in [0.29, 0.717) is 0 Å². The topological polar surface area (TPSA) is 23.6 Å². The van der Waals surface area contributed by atoms with E-state index in [4.69, 9.17) is 0 Å². The second kappa shape index (κ2) is 7.79. The van der Waals surface area contributed by atoms with Gasteiger partial charge in [-0.3, -0.25) is 9.69 Å². The van der Waals surface area contributed by atoms with Crippen LogP contribution in [-0.2, 0) is 6.54 Å². The summed E-state index contributed by atoms with van der Waals surface area (Å²) in [4.78, 5) is 17.1. The van der Waals surface area contributed by atoms with Crippen LogP contribution < -0.4 is 0 Å². The van der Waals surface area contributed by atoms with E-state index < -0.39 is 0 Å². The largest absolute Gasteiger partial charge is 0.337 e. The summed E-state index contributed by atoms with van der Waals surface area (Å²) >= 11 is 0. The van der Waals surface area contributed by atoms with Crippen molar-refractivity contribution in [2.45, 2.75) is 26.8 Å². The predicted molar refractivity (Wildman–Crippen MR) is 98.1 cm³/mol. The molecule has 0 aromatic heterocycles. The van der Waals surface area contributed by atoms with Gasteiger partial charge in [-0.25, -0.2) is 4.39 Å². The van der Waals surface area contributed by atoms with E-state index in [9.17, 15) is 9.18 Å². The SMILES string of the molecule is Cc1cc(C)cc(C(=O)N2CCCN(Cc3ccc(F)cc3)CC2)c1. The molecule has 2 aromatic carbocycles. The highest BCUT2D eigenvalue weighted by Crippen LogP contribution is 2.15. The summed E-state index contributed by atoms with van der Waals surface area (Å²) in [5.74, 6) is -0.0831. The number of hydrogen-bond acceptors (Lipinski definition) is 2. The van der Waals surface area contributed by atoms with Gasteiger partial charge in [0.05, 0.1) is 0 Å². The average Bonchev–Trinajstić information content (AvgIpc) is 2.81. The Hall–Kier alpha value is -2.20. The molecule has 1 saturated heterocycles. The summed E-state index contributed by atoms with van der Waals surface area (Å²) in [5, 5.41) is 0. The van der Waals surface area contributed by atoms with Gasteiger partial charge in [0, 0.05) is 38.3 Å². The first-order valence-electron chi connectivity index (χ1n) is 8.85. The van der Waals surface area contributed by atoms with Gasteiger partial charge in [-0.15, -0.1) is 0 Å². The number of benzene rings is 2. The number of hydrogen-bond donors (Lipinski definition) is 0. The second-order valence-corrected chi connectivity index (χ2v) is 6.92. The van der Waals surface area contributed by atoms with Crippen LogP contribution in [0.4, 0.5) is 4.39 Å². The van der Waals surface area contributed by atoms with Crippen molar-refractivity contribution in [3.05, 3.63) is 70.5 Å². The van der Waals surface area contributed by atoms with Crippen molar-refractivity contribution in [2.75, 3.05) is 26.2 Å². The zero-order valence-electron chi connectivity index (χ0n) is 15.0. The van der Waals surface area contributed by atoms with E-state index in [-0.39, 0.29) is 11.7 Å². The highest BCUT2D eigenvalue weighted by molar-refractivity contribution is 5.94. The number of carbonyl (C=O) groups is 1. The minimum absolute atomic E-state index is 0.121. The first-order valence-corrected chi connectivity index (χ1v) is 8.85. The molecule has 0 radical (unpaired) electrons. The van der Waals surface area contributed by atoms with Gasteiger partial charge < -0.3 is 4.90 Å². The molecule has 2 aromatic rings. The molecule has 132 valence electrons. The van der Waals surface area contributed by atoms with Gasteiger partial charge in [0.2, 0.25) is 0 Å². The van der Waals surface area contributed by atoms with E-state index >= 15 is 0 Å². The van der Waals surface area contributed by atoms with Crippen molar-refractivity contribution in [2.24, 2.45) is 0 Å². The number of amides is 1. The maximum atomic E-state index is 13.0. The quantitative estimate of drug-likeness (QED) is 0.849. The molecule has 1 aliphatic rings. The fraction of sp³-hybridized carbons (Fsp3) is 0.381. The molecule has 1 heterocycles. The van der Waals surface area contributed by atoms with Crippen LogP contribution in [0.2, 0.25) is 0 Å². The summed E-state index contributed by atoms with van der Waals surface area (Å²) in [7, 11) is 0. The van der Waals surface area contributed by atoms with Crippen LogP contribution in [0.15, 0.2) is 42.5 Å². The lowest BCUT2D eigenvalue weighted by Crippen LogP contribution is -2.35. The molecular weight excluding hydrogens is 315 g/mol. The number of rotatable bonds is 3. The number of carbonyl (C=O) groups excluding carboxylic acids is 1. The Bertz CT molecular complexity index is 722. The lowest BCUT2D eigenvalue weighted by Gasteiger charge is -2.22. The minimum Gasteiger partial charge on any atom is -0.337 e. The molecule has 0 aliphatic carbocycles. The van der Waals surface area contributed by atoms with Crippen LogP contribution in [0.3, 0.4) is 0 Å².